The maximum Gasteiger partial charge on any atom is 0.145 e. The molecule has 0 spiro atoms. The average molecular weight is 133 g/mol. The van der Waals surface area contributed by atoms with Gasteiger partial charge in [0, 0.05) is 11.8 Å². The Hall–Kier alpha value is -1.38. The third-order valence-electron chi connectivity index (χ3n) is 1.31. The van der Waals surface area contributed by atoms with Crippen molar-refractivity contribution < 1.29 is 4.84 Å². The van der Waals surface area contributed by atoms with E-state index >= 15 is 0 Å². The summed E-state index contributed by atoms with van der Waals surface area (Å²) in [6.45, 7) is 0.486. The van der Waals surface area contributed by atoms with Gasteiger partial charge in [-0.3, -0.25) is 4.98 Å². The Bertz CT molecular complexity index is 270. The minimum atomic E-state index is 0.486. The van der Waals surface area contributed by atoms with Crippen molar-refractivity contribution in [1.29, 1.82) is 0 Å². The number of nitrogens with zero attached hydrogens (tertiary/aromatic N) is 2. The molecular weight excluding hydrogens is 128 g/mol. The van der Waals surface area contributed by atoms with Crippen LogP contribution in [-0.4, -0.2) is 11.2 Å². The molecule has 49 valence electrons. The minimum Gasteiger partial charge on any atom is -0.391 e. The maximum absolute atomic E-state index is 4.79. The number of oxime groups is 1. The lowest BCUT2D eigenvalue weighted by Gasteiger charge is -2.06. The van der Waals surface area contributed by atoms with Crippen molar-refractivity contribution in [3.8, 4) is 0 Å². The zero-order valence-corrected chi connectivity index (χ0v) is 5.24. The van der Waals surface area contributed by atoms with Gasteiger partial charge in [0.1, 0.15) is 6.61 Å². The first kappa shape index (κ1) is 5.41. The van der Waals surface area contributed by atoms with Gasteiger partial charge < -0.3 is 4.84 Å². The van der Waals surface area contributed by atoms with Crippen LogP contribution in [0.5, 0.6) is 0 Å². The van der Waals surface area contributed by atoms with Gasteiger partial charge in [0.2, 0.25) is 0 Å². The van der Waals surface area contributed by atoms with E-state index in [2.05, 4.69) is 16.2 Å². The van der Waals surface area contributed by atoms with Crippen LogP contribution in [0.3, 0.4) is 0 Å². The van der Waals surface area contributed by atoms with Crippen molar-refractivity contribution in [2.75, 3.05) is 0 Å². The van der Waals surface area contributed by atoms with E-state index in [0.29, 0.717) is 6.61 Å². The quantitative estimate of drug-likeness (QED) is 0.523. The SMILES string of the molecule is [c]1ccnc2c1CON=C2. The Labute approximate surface area is 58.3 Å². The van der Waals surface area contributed by atoms with Crippen LogP contribution in [0.1, 0.15) is 11.3 Å². The van der Waals surface area contributed by atoms with Gasteiger partial charge in [0.25, 0.3) is 0 Å². The molecule has 0 bridgehead atoms. The molecule has 3 nitrogen and oxygen atoms in total. The monoisotopic (exact) mass is 133 g/mol. The van der Waals surface area contributed by atoms with Gasteiger partial charge >= 0.3 is 0 Å². The Morgan fingerprint density at radius 1 is 1.60 bits per heavy atom. The van der Waals surface area contributed by atoms with Crippen molar-refractivity contribution in [2.45, 2.75) is 6.61 Å². The summed E-state index contributed by atoms with van der Waals surface area (Å²) >= 11 is 0. The lowest BCUT2D eigenvalue weighted by Crippen LogP contribution is -2.02. The summed E-state index contributed by atoms with van der Waals surface area (Å²) in [4.78, 5) is 8.85. The molecule has 0 N–H and O–H groups in total. The first-order valence-electron chi connectivity index (χ1n) is 2.98. The van der Waals surface area contributed by atoms with Crippen LogP contribution in [0.2, 0.25) is 0 Å². The zero-order valence-electron chi connectivity index (χ0n) is 5.24. The third-order valence-corrected chi connectivity index (χ3v) is 1.31. The molecule has 2 rings (SSSR count). The molecule has 1 aromatic rings. The fraction of sp³-hybridized carbons (Fsp3) is 0.143. The molecule has 0 unspecified atom stereocenters. The summed E-state index contributed by atoms with van der Waals surface area (Å²) < 4.78 is 0. The summed E-state index contributed by atoms with van der Waals surface area (Å²) in [5.74, 6) is 0. The zero-order chi connectivity index (χ0) is 6.81. The van der Waals surface area contributed by atoms with Crippen LogP contribution < -0.4 is 0 Å². The molecule has 10 heavy (non-hydrogen) atoms. The molecule has 0 atom stereocenters. The number of fused-ring (bicyclic) bond motifs is 1. The topological polar surface area (TPSA) is 34.5 Å². The van der Waals surface area contributed by atoms with Gasteiger partial charge in [-0.25, -0.2) is 0 Å². The Kier molecular flexibility index (Phi) is 1.13. The van der Waals surface area contributed by atoms with Gasteiger partial charge in [0.05, 0.1) is 11.9 Å². The molecule has 3 heteroatoms. The second kappa shape index (κ2) is 2.10. The van der Waals surface area contributed by atoms with Crippen molar-refractivity contribution in [2.24, 2.45) is 5.16 Å². The smallest absolute Gasteiger partial charge is 0.145 e. The number of aromatic nitrogens is 1. The van der Waals surface area contributed by atoms with Crippen LogP contribution in [-0.2, 0) is 11.4 Å². The summed E-state index contributed by atoms with van der Waals surface area (Å²) in [5, 5.41) is 3.61. The van der Waals surface area contributed by atoms with Crippen molar-refractivity contribution >= 4 is 6.21 Å². The summed E-state index contributed by atoms with van der Waals surface area (Å²) in [6, 6.07) is 4.78. The van der Waals surface area contributed by atoms with Crippen LogP contribution >= 0.6 is 0 Å². The largest absolute Gasteiger partial charge is 0.391 e. The van der Waals surface area contributed by atoms with E-state index in [1.807, 2.05) is 0 Å². The van der Waals surface area contributed by atoms with Crippen LogP contribution in [0, 0.1) is 6.07 Å². The number of hydrogen-bond donors (Lipinski definition) is 0. The fourth-order valence-electron chi connectivity index (χ4n) is 0.823. The molecule has 1 aliphatic heterocycles. The van der Waals surface area contributed by atoms with Crippen LogP contribution in [0.25, 0.3) is 0 Å². The van der Waals surface area contributed by atoms with Gasteiger partial charge in [-0.1, -0.05) is 5.16 Å². The predicted octanol–water partition coefficient (Wildman–Crippen LogP) is 0.746. The molecule has 0 saturated carbocycles. The Morgan fingerprint density at radius 3 is 3.50 bits per heavy atom. The molecule has 0 aromatic carbocycles. The molecule has 0 amide bonds. The summed E-state index contributed by atoms with van der Waals surface area (Å²) in [6.07, 6.45) is 3.28. The fourth-order valence-corrected chi connectivity index (χ4v) is 0.823. The molecule has 0 aliphatic carbocycles. The molecule has 1 aromatic heterocycles. The van der Waals surface area contributed by atoms with Gasteiger partial charge in [-0.05, 0) is 12.1 Å². The van der Waals surface area contributed by atoms with Crippen molar-refractivity contribution in [3.63, 3.8) is 0 Å². The van der Waals surface area contributed by atoms with E-state index < -0.39 is 0 Å². The molecule has 0 fully saturated rings. The Morgan fingerprint density at radius 2 is 2.60 bits per heavy atom. The molecule has 1 aliphatic rings. The number of pyridine rings is 1. The van der Waals surface area contributed by atoms with E-state index in [1.165, 1.54) is 0 Å². The minimum absolute atomic E-state index is 0.486. The highest BCUT2D eigenvalue weighted by molar-refractivity contribution is 5.78. The summed E-state index contributed by atoms with van der Waals surface area (Å²) in [7, 11) is 0. The number of hydrogen-bond acceptors (Lipinski definition) is 3. The lowest BCUT2D eigenvalue weighted by atomic mass is 10.2. The normalized spacial score (nSPS) is 14.0. The van der Waals surface area contributed by atoms with E-state index in [4.69, 9.17) is 4.84 Å². The second-order valence-corrected chi connectivity index (χ2v) is 1.96. The van der Waals surface area contributed by atoms with Gasteiger partial charge in [0.15, 0.2) is 0 Å². The third kappa shape index (κ3) is 0.757. The van der Waals surface area contributed by atoms with Gasteiger partial charge in [-0.15, -0.1) is 0 Å². The average Bonchev–Trinajstić information content (AvgIpc) is 2.05. The highest BCUT2D eigenvalue weighted by Gasteiger charge is 2.04. The van der Waals surface area contributed by atoms with Crippen LogP contribution in [0.15, 0.2) is 17.4 Å². The first-order valence-corrected chi connectivity index (χ1v) is 2.98. The molecule has 0 saturated heterocycles. The van der Waals surface area contributed by atoms with E-state index in [-0.39, 0.29) is 0 Å². The summed E-state index contributed by atoms with van der Waals surface area (Å²) in [5.41, 5.74) is 1.83. The van der Waals surface area contributed by atoms with E-state index in [9.17, 15) is 0 Å². The Balaban J connectivity index is 2.54. The molecule has 2 heterocycles. The van der Waals surface area contributed by atoms with Gasteiger partial charge in [-0.2, -0.15) is 0 Å². The second-order valence-electron chi connectivity index (χ2n) is 1.96. The maximum atomic E-state index is 4.79. The number of rotatable bonds is 0. The van der Waals surface area contributed by atoms with E-state index in [1.54, 1.807) is 18.5 Å². The first-order chi connectivity index (χ1) is 4.97. The van der Waals surface area contributed by atoms with Crippen LogP contribution in [0.4, 0.5) is 0 Å². The van der Waals surface area contributed by atoms with Crippen molar-refractivity contribution in [1.82, 2.24) is 4.98 Å². The standard InChI is InChI=1S/C7H5N2O/c1-2-6-5-10-9-4-7(6)8-3-1/h1,3-4H,5H2. The van der Waals surface area contributed by atoms with E-state index in [0.717, 1.165) is 11.3 Å². The van der Waals surface area contributed by atoms with Crippen molar-refractivity contribution in [3.05, 3.63) is 29.6 Å². The molecule has 1 radical (unpaired) electrons. The highest BCUT2D eigenvalue weighted by atomic mass is 16.6. The molecular formula is C7H5N2O. The predicted molar refractivity (Wildman–Crippen MR) is 35.5 cm³/mol. The lowest BCUT2D eigenvalue weighted by molar-refractivity contribution is 0.127. The highest BCUT2D eigenvalue weighted by Crippen LogP contribution is 2.07.